The maximum atomic E-state index is 12.9. The molecule has 1 spiro atoms. The molecule has 0 radical (unpaired) electrons. The number of aryl methyl sites for hydroxylation is 1. The van der Waals surface area contributed by atoms with Crippen molar-refractivity contribution in [1.82, 2.24) is 24.3 Å². The molecule has 2 aliphatic heterocycles. The number of nitrogens with zero attached hydrogens (tertiary/aromatic N) is 6. The first kappa shape index (κ1) is 28.6. The van der Waals surface area contributed by atoms with Crippen LogP contribution in [0.2, 0.25) is 0 Å². The number of hydrogen-bond acceptors (Lipinski definition) is 7. The number of hydrogen-bond donors (Lipinski definition) is 1. The van der Waals surface area contributed by atoms with Gasteiger partial charge in [0.1, 0.15) is 28.7 Å². The minimum Gasteiger partial charge on any atom is -0.367 e. The third kappa shape index (κ3) is 5.73. The molecular weight excluding hydrogens is 571 g/mol. The number of halogens is 3. The van der Waals surface area contributed by atoms with E-state index in [0.29, 0.717) is 21.4 Å². The van der Waals surface area contributed by atoms with E-state index in [4.69, 9.17) is 0 Å². The number of alkyl halides is 3. The largest absolute Gasteiger partial charge is 0.393 e. The van der Waals surface area contributed by atoms with Crippen LogP contribution in [0, 0.1) is 23.7 Å². The van der Waals surface area contributed by atoms with E-state index < -0.39 is 12.6 Å². The average molecular weight is 608 g/mol. The van der Waals surface area contributed by atoms with Crippen molar-refractivity contribution in [1.29, 1.82) is 5.26 Å². The zero-order chi connectivity index (χ0) is 29.8. The van der Waals surface area contributed by atoms with Gasteiger partial charge in [-0.3, -0.25) is 4.90 Å². The molecule has 226 valence electrons. The van der Waals surface area contributed by atoms with E-state index in [-0.39, 0.29) is 10.9 Å². The molecule has 1 N–H and O–H groups in total. The van der Waals surface area contributed by atoms with Gasteiger partial charge >= 0.3 is 6.18 Å². The molecule has 7 nitrogen and oxygen atoms in total. The fraction of sp³-hybridized carbons (Fsp3) is 0.531. The van der Waals surface area contributed by atoms with Gasteiger partial charge in [-0.05, 0) is 67.3 Å². The highest BCUT2D eigenvalue weighted by molar-refractivity contribution is 7.18. The summed E-state index contributed by atoms with van der Waals surface area (Å²) in [5, 5.41) is 15.2. The maximum Gasteiger partial charge on any atom is 0.393 e. The van der Waals surface area contributed by atoms with Crippen molar-refractivity contribution in [3.8, 4) is 6.07 Å². The average Bonchev–Trinajstić information content (AvgIpc) is 3.50. The lowest BCUT2D eigenvalue weighted by molar-refractivity contribution is -0.126. The molecule has 0 unspecified atom stereocenters. The van der Waals surface area contributed by atoms with Crippen LogP contribution in [-0.2, 0) is 19.5 Å². The van der Waals surface area contributed by atoms with E-state index in [2.05, 4.69) is 60.8 Å². The van der Waals surface area contributed by atoms with Gasteiger partial charge in [0, 0.05) is 67.6 Å². The number of likely N-dealkylation sites (tertiary alicyclic amines) is 2. The van der Waals surface area contributed by atoms with Gasteiger partial charge in [0.15, 0.2) is 0 Å². The molecule has 0 amide bonds. The van der Waals surface area contributed by atoms with Crippen molar-refractivity contribution in [2.75, 3.05) is 38.0 Å². The van der Waals surface area contributed by atoms with Crippen molar-refractivity contribution in [3.05, 3.63) is 52.3 Å². The summed E-state index contributed by atoms with van der Waals surface area (Å²) in [7, 11) is 0. The van der Waals surface area contributed by atoms with Crippen LogP contribution in [0.15, 0.2) is 30.6 Å². The lowest BCUT2D eigenvalue weighted by Gasteiger charge is -2.56. The van der Waals surface area contributed by atoms with Crippen molar-refractivity contribution >= 4 is 38.3 Å². The zero-order valence-corrected chi connectivity index (χ0v) is 25.2. The highest BCUT2D eigenvalue weighted by atomic mass is 32.1. The van der Waals surface area contributed by atoms with E-state index in [0.717, 1.165) is 73.5 Å². The molecule has 5 heterocycles. The second kappa shape index (κ2) is 11.1. The maximum absolute atomic E-state index is 12.9. The van der Waals surface area contributed by atoms with Crippen LogP contribution in [0.25, 0.3) is 21.1 Å². The van der Waals surface area contributed by atoms with Crippen LogP contribution in [0.4, 0.5) is 19.0 Å². The summed E-state index contributed by atoms with van der Waals surface area (Å²) in [6, 6.07) is 10.7. The molecule has 2 saturated heterocycles. The first-order chi connectivity index (χ1) is 20.7. The van der Waals surface area contributed by atoms with Gasteiger partial charge in [0.2, 0.25) is 0 Å². The highest BCUT2D eigenvalue weighted by Gasteiger charge is 2.46. The molecular formula is C32H36F3N7S. The molecule has 3 aromatic heterocycles. The van der Waals surface area contributed by atoms with E-state index in [9.17, 15) is 18.4 Å². The summed E-state index contributed by atoms with van der Waals surface area (Å²) in [6.07, 6.45) is 2.21. The van der Waals surface area contributed by atoms with Crippen molar-refractivity contribution < 1.29 is 13.2 Å². The Kier molecular flexibility index (Phi) is 7.35. The Labute approximate surface area is 253 Å². The highest BCUT2D eigenvalue weighted by Crippen LogP contribution is 2.48. The SMILES string of the molecule is Cc1c(CN2CCC(Nc3ncnc4sc(CC(F)(F)F)cc34)CC2)ccc2c1cc(C#N)n2CCN1CC2(CCC2)C1. The number of thiophene rings is 1. The summed E-state index contributed by atoms with van der Waals surface area (Å²) in [6.45, 7) is 9.10. The molecule has 1 aromatic carbocycles. The van der Waals surface area contributed by atoms with E-state index in [1.165, 1.54) is 49.8 Å². The Bertz CT molecular complexity index is 1680. The minimum atomic E-state index is -4.24. The fourth-order valence-electron chi connectivity index (χ4n) is 7.30. The Balaban J connectivity index is 0.975. The summed E-state index contributed by atoms with van der Waals surface area (Å²) in [4.78, 5) is 14.4. The molecule has 11 heteroatoms. The predicted molar refractivity (Wildman–Crippen MR) is 163 cm³/mol. The summed E-state index contributed by atoms with van der Waals surface area (Å²) >= 11 is 1.08. The number of benzene rings is 1. The topological polar surface area (TPSA) is 73.0 Å². The molecule has 7 rings (SSSR count). The van der Waals surface area contributed by atoms with E-state index in [1.54, 1.807) is 6.07 Å². The van der Waals surface area contributed by atoms with Crippen LogP contribution in [0.5, 0.6) is 0 Å². The van der Waals surface area contributed by atoms with Crippen LogP contribution in [0.1, 0.15) is 53.8 Å². The van der Waals surface area contributed by atoms with Crippen molar-refractivity contribution in [3.63, 3.8) is 0 Å². The number of fused-ring (bicyclic) bond motifs is 2. The quantitative estimate of drug-likeness (QED) is 0.247. The predicted octanol–water partition coefficient (Wildman–Crippen LogP) is 6.49. The van der Waals surface area contributed by atoms with Gasteiger partial charge in [-0.25, -0.2) is 9.97 Å². The Hall–Kier alpha value is -3.20. The van der Waals surface area contributed by atoms with Gasteiger partial charge in [-0.2, -0.15) is 18.4 Å². The standard InChI is InChI=1S/C32H36F3N7S/c1-21-22(3-4-28-26(21)13-24(16-36)42(28)12-11-41-18-31(19-41)7-2-8-31)17-40-9-5-23(6-10-40)39-29-27-14-25(15-32(33,34)35)43-30(27)38-20-37-29/h3-4,13-14,20,23H,2,5-12,15,17-19H2,1H3,(H,37,38,39). The summed E-state index contributed by atoms with van der Waals surface area (Å²) in [5.41, 5.74) is 5.01. The molecule has 0 bridgehead atoms. The number of rotatable bonds is 8. The number of anilines is 1. The zero-order valence-electron chi connectivity index (χ0n) is 24.4. The molecule has 3 aliphatic rings. The number of nitriles is 1. The lowest BCUT2D eigenvalue weighted by atomic mass is 9.63. The molecule has 43 heavy (non-hydrogen) atoms. The van der Waals surface area contributed by atoms with Gasteiger partial charge in [-0.15, -0.1) is 11.3 Å². The van der Waals surface area contributed by atoms with Crippen molar-refractivity contribution in [2.24, 2.45) is 5.41 Å². The molecule has 1 saturated carbocycles. The summed E-state index contributed by atoms with van der Waals surface area (Å²) in [5.74, 6) is 0.615. The fourth-order valence-corrected chi connectivity index (χ4v) is 8.32. The molecule has 0 atom stereocenters. The van der Waals surface area contributed by atoms with E-state index >= 15 is 0 Å². The van der Waals surface area contributed by atoms with Crippen LogP contribution in [0.3, 0.4) is 0 Å². The van der Waals surface area contributed by atoms with Crippen molar-refractivity contribution in [2.45, 2.75) is 70.8 Å². The van der Waals surface area contributed by atoms with Crippen LogP contribution in [-0.4, -0.2) is 69.3 Å². The molecule has 4 aromatic rings. The normalized spacial score (nSPS) is 19.5. The second-order valence-electron chi connectivity index (χ2n) is 12.8. The monoisotopic (exact) mass is 607 g/mol. The first-order valence-corrected chi connectivity index (χ1v) is 16.0. The minimum absolute atomic E-state index is 0.196. The Morgan fingerprint density at radius 2 is 1.86 bits per heavy atom. The van der Waals surface area contributed by atoms with Crippen LogP contribution >= 0.6 is 11.3 Å². The molecule has 3 fully saturated rings. The van der Waals surface area contributed by atoms with Gasteiger partial charge in [0.25, 0.3) is 0 Å². The lowest BCUT2D eigenvalue weighted by Crippen LogP contribution is -2.60. The van der Waals surface area contributed by atoms with E-state index in [1.807, 2.05) is 0 Å². The Morgan fingerprint density at radius 3 is 2.56 bits per heavy atom. The first-order valence-electron chi connectivity index (χ1n) is 15.2. The van der Waals surface area contributed by atoms with Gasteiger partial charge in [0.05, 0.1) is 11.8 Å². The molecule has 1 aliphatic carbocycles. The van der Waals surface area contributed by atoms with Gasteiger partial charge < -0.3 is 14.8 Å². The number of aromatic nitrogens is 3. The summed E-state index contributed by atoms with van der Waals surface area (Å²) < 4.78 is 40.9. The third-order valence-corrected chi connectivity index (χ3v) is 10.9. The number of nitrogens with one attached hydrogen (secondary N) is 1. The number of piperidine rings is 1. The third-order valence-electron chi connectivity index (χ3n) is 9.83. The Morgan fingerprint density at radius 1 is 1.07 bits per heavy atom. The van der Waals surface area contributed by atoms with Crippen LogP contribution < -0.4 is 5.32 Å². The second-order valence-corrected chi connectivity index (χ2v) is 13.9. The smallest absolute Gasteiger partial charge is 0.367 e. The van der Waals surface area contributed by atoms with Gasteiger partial charge in [-0.1, -0.05) is 12.5 Å².